The number of hydrogen-bond donors (Lipinski definition) is 1. The van der Waals surface area contributed by atoms with Crippen molar-refractivity contribution < 1.29 is 18.7 Å². The van der Waals surface area contributed by atoms with E-state index in [0.29, 0.717) is 28.0 Å². The molecule has 1 atom stereocenters. The Hall–Kier alpha value is -3.91. The summed E-state index contributed by atoms with van der Waals surface area (Å²) in [6.07, 6.45) is 0. The van der Waals surface area contributed by atoms with E-state index in [-0.39, 0.29) is 23.4 Å². The molecule has 0 aliphatic carbocycles. The molecule has 2 N–H and O–H groups in total. The number of halogens is 1. The van der Waals surface area contributed by atoms with Gasteiger partial charge >= 0.3 is 0 Å². The molecule has 8 heteroatoms. The average molecular weight is 519 g/mol. The fourth-order valence-electron chi connectivity index (χ4n) is 4.17. The van der Waals surface area contributed by atoms with Crippen molar-refractivity contribution >= 4 is 44.4 Å². The quantitative estimate of drug-likeness (QED) is 0.419. The van der Waals surface area contributed by atoms with Crippen LogP contribution in [0.25, 0.3) is 11.0 Å². The number of amides is 2. The highest BCUT2D eigenvalue weighted by atomic mass is 79.9. The first-order valence-corrected chi connectivity index (χ1v) is 11.3. The maximum atomic E-state index is 13.7. The molecule has 1 unspecified atom stereocenters. The zero-order valence-corrected chi connectivity index (χ0v) is 19.7. The highest BCUT2D eigenvalue weighted by Crippen LogP contribution is 2.41. The molecule has 3 aromatic carbocycles. The third kappa shape index (κ3) is 3.76. The lowest BCUT2D eigenvalue weighted by Crippen LogP contribution is -2.29. The Labute approximate surface area is 202 Å². The second kappa shape index (κ2) is 8.46. The first-order chi connectivity index (χ1) is 16.3. The number of carbonyl (C=O) groups excluding carboxylic acids is 2. The minimum Gasteiger partial charge on any atom is -0.484 e. The Morgan fingerprint density at radius 1 is 1.06 bits per heavy atom. The molecule has 2 heterocycles. The SMILES string of the molecule is Cc1ccc2oc3c(c(=O)c2c1)C(c1ccc(OCC(N)=O)cc1)N(c1ccc(Br)cc1)C3=O. The molecule has 0 saturated heterocycles. The predicted molar refractivity (Wildman–Crippen MR) is 131 cm³/mol. The molecular formula is C26H19BrN2O5. The number of nitrogens with two attached hydrogens (primary N) is 1. The highest BCUT2D eigenvalue weighted by Gasteiger charge is 2.43. The summed E-state index contributed by atoms with van der Waals surface area (Å²) in [7, 11) is 0. The molecule has 0 radical (unpaired) electrons. The van der Waals surface area contributed by atoms with Crippen LogP contribution in [0.3, 0.4) is 0 Å². The van der Waals surface area contributed by atoms with Crippen LogP contribution in [0, 0.1) is 6.92 Å². The number of anilines is 1. The van der Waals surface area contributed by atoms with Crippen molar-refractivity contribution in [2.45, 2.75) is 13.0 Å². The monoisotopic (exact) mass is 518 g/mol. The molecule has 0 fully saturated rings. The first-order valence-electron chi connectivity index (χ1n) is 10.5. The Morgan fingerprint density at radius 2 is 1.76 bits per heavy atom. The van der Waals surface area contributed by atoms with Crippen LogP contribution in [0.15, 0.2) is 80.4 Å². The van der Waals surface area contributed by atoms with Crippen LogP contribution in [0.5, 0.6) is 5.75 Å². The lowest BCUT2D eigenvalue weighted by molar-refractivity contribution is -0.119. The van der Waals surface area contributed by atoms with E-state index in [2.05, 4.69) is 15.9 Å². The minimum absolute atomic E-state index is 0.0309. The van der Waals surface area contributed by atoms with Crippen molar-refractivity contribution in [3.05, 3.63) is 104 Å². The zero-order valence-electron chi connectivity index (χ0n) is 18.1. The number of fused-ring (bicyclic) bond motifs is 2. The molecular weight excluding hydrogens is 500 g/mol. The van der Waals surface area contributed by atoms with Crippen molar-refractivity contribution in [3.8, 4) is 5.75 Å². The van der Waals surface area contributed by atoms with Gasteiger partial charge in [-0.15, -0.1) is 0 Å². The second-order valence-corrected chi connectivity index (χ2v) is 8.97. The summed E-state index contributed by atoms with van der Waals surface area (Å²) in [4.78, 5) is 39.8. The third-order valence-corrected chi connectivity index (χ3v) is 6.24. The second-order valence-electron chi connectivity index (χ2n) is 8.05. The number of benzene rings is 3. The van der Waals surface area contributed by atoms with Crippen molar-refractivity contribution in [2.24, 2.45) is 5.73 Å². The number of ether oxygens (including phenoxy) is 1. The molecule has 4 aromatic rings. The van der Waals surface area contributed by atoms with Gasteiger partial charge in [0.05, 0.1) is 17.0 Å². The molecule has 7 nitrogen and oxygen atoms in total. The summed E-state index contributed by atoms with van der Waals surface area (Å²) < 4.78 is 12.2. The Bertz CT molecular complexity index is 1490. The fourth-order valence-corrected chi connectivity index (χ4v) is 4.44. The van der Waals surface area contributed by atoms with Gasteiger partial charge in [-0.2, -0.15) is 0 Å². The molecule has 5 rings (SSSR count). The van der Waals surface area contributed by atoms with Crippen molar-refractivity contribution in [1.82, 2.24) is 0 Å². The standard InChI is InChI=1S/C26H19BrN2O5/c1-14-2-11-20-19(12-14)24(31)22-23(15-3-9-18(10-4-15)33-13-21(28)30)29(26(32)25(22)34-20)17-7-5-16(27)6-8-17/h2-12,23H,13H2,1H3,(H2,28,30). The molecule has 0 bridgehead atoms. The molecule has 0 spiro atoms. The lowest BCUT2D eigenvalue weighted by Gasteiger charge is -2.25. The van der Waals surface area contributed by atoms with Crippen molar-refractivity contribution in [2.75, 3.05) is 11.5 Å². The van der Waals surface area contributed by atoms with Gasteiger partial charge in [0, 0.05) is 10.2 Å². The van der Waals surface area contributed by atoms with Gasteiger partial charge in [0.25, 0.3) is 11.8 Å². The molecule has 2 amide bonds. The van der Waals surface area contributed by atoms with Crippen LogP contribution in [-0.2, 0) is 4.79 Å². The van der Waals surface area contributed by atoms with E-state index in [1.165, 1.54) is 0 Å². The van der Waals surface area contributed by atoms with E-state index in [1.54, 1.807) is 53.4 Å². The van der Waals surface area contributed by atoms with E-state index in [1.807, 2.05) is 25.1 Å². The maximum Gasteiger partial charge on any atom is 0.295 e. The van der Waals surface area contributed by atoms with Crippen molar-refractivity contribution in [1.29, 1.82) is 0 Å². The number of primary amides is 1. The van der Waals surface area contributed by atoms with Gasteiger partial charge in [0.15, 0.2) is 12.0 Å². The Kier molecular flexibility index (Phi) is 5.45. The molecule has 170 valence electrons. The van der Waals surface area contributed by atoms with E-state index in [0.717, 1.165) is 10.0 Å². The van der Waals surface area contributed by atoms with Gasteiger partial charge in [-0.05, 0) is 61.0 Å². The molecule has 1 aromatic heterocycles. The summed E-state index contributed by atoms with van der Waals surface area (Å²) in [6.45, 7) is 1.65. The average Bonchev–Trinajstić information content (AvgIpc) is 3.11. The van der Waals surface area contributed by atoms with Crippen LogP contribution >= 0.6 is 15.9 Å². The van der Waals surface area contributed by atoms with Crippen LogP contribution in [0.2, 0.25) is 0 Å². The fraction of sp³-hybridized carbons (Fsp3) is 0.115. The van der Waals surface area contributed by atoms with Gasteiger partial charge in [-0.3, -0.25) is 19.3 Å². The number of carbonyl (C=O) groups is 2. The van der Waals surface area contributed by atoms with E-state index >= 15 is 0 Å². The Balaban J connectivity index is 1.69. The smallest absolute Gasteiger partial charge is 0.295 e. The Morgan fingerprint density at radius 3 is 2.44 bits per heavy atom. The van der Waals surface area contributed by atoms with Gasteiger partial charge in [-0.25, -0.2) is 0 Å². The van der Waals surface area contributed by atoms with Crippen LogP contribution in [0.4, 0.5) is 5.69 Å². The molecule has 34 heavy (non-hydrogen) atoms. The van der Waals surface area contributed by atoms with Crippen molar-refractivity contribution in [3.63, 3.8) is 0 Å². The predicted octanol–water partition coefficient (Wildman–Crippen LogP) is 4.48. The summed E-state index contributed by atoms with van der Waals surface area (Å²) >= 11 is 3.42. The lowest BCUT2D eigenvalue weighted by atomic mass is 9.98. The molecule has 1 aliphatic heterocycles. The van der Waals surface area contributed by atoms with Crippen LogP contribution in [-0.4, -0.2) is 18.4 Å². The maximum absolute atomic E-state index is 13.7. The summed E-state index contributed by atoms with van der Waals surface area (Å²) in [6, 6.07) is 18.8. The van der Waals surface area contributed by atoms with Gasteiger partial charge < -0.3 is 14.9 Å². The summed E-state index contributed by atoms with van der Waals surface area (Å²) in [5.74, 6) is -0.497. The zero-order chi connectivity index (χ0) is 24.0. The molecule has 0 saturated carbocycles. The van der Waals surface area contributed by atoms with Crippen LogP contribution in [0.1, 0.15) is 33.3 Å². The molecule has 1 aliphatic rings. The number of aryl methyl sites for hydroxylation is 1. The largest absolute Gasteiger partial charge is 0.484 e. The topological polar surface area (TPSA) is 103 Å². The highest BCUT2D eigenvalue weighted by molar-refractivity contribution is 9.10. The van der Waals surface area contributed by atoms with Gasteiger partial charge in [-0.1, -0.05) is 39.7 Å². The number of nitrogens with zero attached hydrogens (tertiary/aromatic N) is 1. The number of hydrogen-bond acceptors (Lipinski definition) is 5. The van der Waals surface area contributed by atoms with E-state index < -0.39 is 17.9 Å². The normalized spacial score (nSPS) is 14.9. The van der Waals surface area contributed by atoms with Crippen LogP contribution < -0.4 is 20.8 Å². The van der Waals surface area contributed by atoms with Gasteiger partial charge in [0.2, 0.25) is 5.76 Å². The minimum atomic E-state index is -0.699. The first kappa shape index (κ1) is 21.9. The summed E-state index contributed by atoms with van der Waals surface area (Å²) in [5.41, 5.74) is 7.80. The van der Waals surface area contributed by atoms with Gasteiger partial charge in [0.1, 0.15) is 11.3 Å². The van der Waals surface area contributed by atoms with E-state index in [4.69, 9.17) is 14.9 Å². The third-order valence-electron chi connectivity index (χ3n) is 5.71. The number of rotatable bonds is 5. The summed E-state index contributed by atoms with van der Waals surface area (Å²) in [5, 5.41) is 0.426. The van der Waals surface area contributed by atoms with E-state index in [9.17, 15) is 14.4 Å².